The van der Waals surface area contributed by atoms with Gasteiger partial charge in [0.25, 0.3) is 5.91 Å². The maximum Gasteiger partial charge on any atom is 0.271 e. The Morgan fingerprint density at radius 2 is 1.69 bits per heavy atom. The third-order valence-electron chi connectivity index (χ3n) is 3.89. The van der Waals surface area contributed by atoms with Crippen molar-refractivity contribution in [2.24, 2.45) is 5.10 Å². The molecule has 0 bridgehead atoms. The van der Waals surface area contributed by atoms with Crippen molar-refractivity contribution in [3.63, 3.8) is 0 Å². The van der Waals surface area contributed by atoms with E-state index in [1.807, 2.05) is 12.1 Å². The van der Waals surface area contributed by atoms with Crippen molar-refractivity contribution in [3.8, 4) is 11.5 Å². The second-order valence-electron chi connectivity index (χ2n) is 6.76. The molecule has 0 aliphatic rings. The van der Waals surface area contributed by atoms with Crippen LogP contribution >= 0.6 is 11.6 Å². The SMILES string of the molecule is COc1cc(OC)c(/C=N\NC(=O)c2ccc(C(C)(C)C)cc2)cc1Cl. The zero-order chi connectivity index (χ0) is 19.3. The second kappa shape index (κ2) is 8.23. The largest absolute Gasteiger partial charge is 0.496 e. The summed E-state index contributed by atoms with van der Waals surface area (Å²) in [5, 5.41) is 4.42. The third kappa shape index (κ3) is 4.76. The Hall–Kier alpha value is -2.53. The lowest BCUT2D eigenvalue weighted by atomic mass is 9.87. The number of hydrazone groups is 1. The first-order chi connectivity index (χ1) is 12.3. The van der Waals surface area contributed by atoms with E-state index >= 15 is 0 Å². The lowest BCUT2D eigenvalue weighted by molar-refractivity contribution is 0.0955. The summed E-state index contributed by atoms with van der Waals surface area (Å²) < 4.78 is 10.4. The van der Waals surface area contributed by atoms with Crippen molar-refractivity contribution in [2.75, 3.05) is 14.2 Å². The van der Waals surface area contributed by atoms with E-state index < -0.39 is 0 Å². The number of carbonyl (C=O) groups excluding carboxylic acids is 1. The number of hydrogen-bond donors (Lipinski definition) is 1. The lowest BCUT2D eigenvalue weighted by Gasteiger charge is -2.18. The Morgan fingerprint density at radius 3 is 2.23 bits per heavy atom. The number of nitrogens with one attached hydrogen (secondary N) is 1. The highest BCUT2D eigenvalue weighted by Gasteiger charge is 2.14. The molecule has 5 nitrogen and oxygen atoms in total. The van der Waals surface area contributed by atoms with E-state index in [1.165, 1.54) is 20.4 Å². The molecule has 0 atom stereocenters. The molecule has 0 aromatic heterocycles. The lowest BCUT2D eigenvalue weighted by Crippen LogP contribution is -2.18. The molecular weight excluding hydrogens is 352 g/mol. The molecular formula is C20H23ClN2O3. The molecule has 1 N–H and O–H groups in total. The molecule has 0 aliphatic heterocycles. The average molecular weight is 375 g/mol. The molecule has 6 heteroatoms. The van der Waals surface area contributed by atoms with E-state index in [4.69, 9.17) is 21.1 Å². The summed E-state index contributed by atoms with van der Waals surface area (Å²) >= 11 is 6.12. The van der Waals surface area contributed by atoms with Crippen molar-refractivity contribution in [1.82, 2.24) is 5.43 Å². The number of benzene rings is 2. The van der Waals surface area contributed by atoms with Crippen LogP contribution in [-0.4, -0.2) is 26.3 Å². The summed E-state index contributed by atoms with van der Waals surface area (Å²) in [7, 11) is 3.06. The molecule has 0 radical (unpaired) electrons. The molecule has 0 unspecified atom stereocenters. The van der Waals surface area contributed by atoms with Gasteiger partial charge in [-0.2, -0.15) is 5.10 Å². The number of rotatable bonds is 5. The van der Waals surface area contributed by atoms with Gasteiger partial charge in [-0.05, 0) is 29.2 Å². The minimum Gasteiger partial charge on any atom is -0.496 e. The normalized spacial score (nSPS) is 11.5. The van der Waals surface area contributed by atoms with Crippen LogP contribution in [0.15, 0.2) is 41.5 Å². The Labute approximate surface area is 159 Å². The van der Waals surface area contributed by atoms with Gasteiger partial charge in [0.2, 0.25) is 0 Å². The molecule has 26 heavy (non-hydrogen) atoms. The van der Waals surface area contributed by atoms with Gasteiger partial charge in [0.1, 0.15) is 11.5 Å². The first-order valence-electron chi connectivity index (χ1n) is 8.11. The van der Waals surface area contributed by atoms with Crippen LogP contribution in [-0.2, 0) is 5.41 Å². The number of hydrogen-bond acceptors (Lipinski definition) is 4. The average Bonchev–Trinajstić information content (AvgIpc) is 2.61. The number of carbonyl (C=O) groups is 1. The van der Waals surface area contributed by atoms with E-state index in [9.17, 15) is 4.79 Å². The Bertz CT molecular complexity index is 809. The van der Waals surface area contributed by atoms with Crippen LogP contribution in [0.2, 0.25) is 5.02 Å². The molecule has 2 aromatic carbocycles. The zero-order valence-corrected chi connectivity index (χ0v) is 16.3. The van der Waals surface area contributed by atoms with E-state index in [-0.39, 0.29) is 11.3 Å². The van der Waals surface area contributed by atoms with Gasteiger partial charge < -0.3 is 9.47 Å². The highest BCUT2D eigenvalue weighted by atomic mass is 35.5. The molecule has 0 fully saturated rings. The van der Waals surface area contributed by atoms with Crippen LogP contribution in [0, 0.1) is 0 Å². The number of ether oxygens (including phenoxy) is 2. The Kier molecular flexibility index (Phi) is 6.27. The fourth-order valence-electron chi connectivity index (χ4n) is 2.33. The van der Waals surface area contributed by atoms with Crippen molar-refractivity contribution in [2.45, 2.75) is 26.2 Å². The fraction of sp³-hybridized carbons (Fsp3) is 0.300. The number of amides is 1. The maximum absolute atomic E-state index is 12.2. The molecule has 0 spiro atoms. The highest BCUT2D eigenvalue weighted by Crippen LogP contribution is 2.31. The molecule has 2 rings (SSSR count). The summed E-state index contributed by atoms with van der Waals surface area (Å²) in [5.74, 6) is 0.753. The smallest absolute Gasteiger partial charge is 0.271 e. The van der Waals surface area contributed by atoms with Gasteiger partial charge in [-0.25, -0.2) is 5.43 Å². The van der Waals surface area contributed by atoms with Crippen LogP contribution < -0.4 is 14.9 Å². The Morgan fingerprint density at radius 1 is 1.08 bits per heavy atom. The topological polar surface area (TPSA) is 59.9 Å². The van der Waals surface area contributed by atoms with Gasteiger partial charge in [0, 0.05) is 17.2 Å². The third-order valence-corrected chi connectivity index (χ3v) is 4.18. The predicted octanol–water partition coefficient (Wildman–Crippen LogP) is 4.42. The van der Waals surface area contributed by atoms with E-state index in [0.717, 1.165) is 5.56 Å². The fourth-order valence-corrected chi connectivity index (χ4v) is 2.58. The maximum atomic E-state index is 12.2. The van der Waals surface area contributed by atoms with Gasteiger partial charge in [0.05, 0.1) is 25.5 Å². The predicted molar refractivity (Wildman–Crippen MR) is 105 cm³/mol. The summed E-state index contributed by atoms with van der Waals surface area (Å²) in [4.78, 5) is 12.2. The van der Waals surface area contributed by atoms with Crippen molar-refractivity contribution < 1.29 is 14.3 Å². The molecule has 0 aliphatic carbocycles. The van der Waals surface area contributed by atoms with Crippen molar-refractivity contribution in [3.05, 3.63) is 58.1 Å². The first-order valence-corrected chi connectivity index (χ1v) is 8.49. The van der Waals surface area contributed by atoms with E-state index in [1.54, 1.807) is 24.3 Å². The summed E-state index contributed by atoms with van der Waals surface area (Å²) in [6, 6.07) is 10.8. The Balaban J connectivity index is 2.11. The molecule has 0 saturated heterocycles. The van der Waals surface area contributed by atoms with Crippen LogP contribution in [0.4, 0.5) is 0 Å². The van der Waals surface area contributed by atoms with Crippen LogP contribution in [0.1, 0.15) is 42.3 Å². The van der Waals surface area contributed by atoms with E-state index in [0.29, 0.717) is 27.6 Å². The summed E-state index contributed by atoms with van der Waals surface area (Å²) in [5.41, 5.74) is 4.87. The van der Waals surface area contributed by atoms with Crippen molar-refractivity contribution >= 4 is 23.7 Å². The van der Waals surface area contributed by atoms with Crippen LogP contribution in [0.5, 0.6) is 11.5 Å². The molecule has 138 valence electrons. The summed E-state index contributed by atoms with van der Waals surface area (Å²) in [6.45, 7) is 6.37. The molecule has 1 amide bonds. The number of nitrogens with zero attached hydrogens (tertiary/aromatic N) is 1. The number of halogens is 1. The summed E-state index contributed by atoms with van der Waals surface area (Å²) in [6.07, 6.45) is 1.48. The minimum absolute atomic E-state index is 0.0390. The van der Waals surface area contributed by atoms with Gasteiger partial charge in [0.15, 0.2) is 0 Å². The highest BCUT2D eigenvalue weighted by molar-refractivity contribution is 6.32. The van der Waals surface area contributed by atoms with Crippen LogP contribution in [0.25, 0.3) is 0 Å². The monoisotopic (exact) mass is 374 g/mol. The first kappa shape index (κ1) is 19.8. The zero-order valence-electron chi connectivity index (χ0n) is 15.6. The minimum atomic E-state index is -0.291. The van der Waals surface area contributed by atoms with Crippen molar-refractivity contribution in [1.29, 1.82) is 0 Å². The molecule has 0 heterocycles. The quantitative estimate of drug-likeness (QED) is 0.622. The number of methoxy groups -OCH3 is 2. The molecule has 2 aromatic rings. The second-order valence-corrected chi connectivity index (χ2v) is 7.16. The van der Waals surface area contributed by atoms with E-state index in [2.05, 4.69) is 31.3 Å². The van der Waals surface area contributed by atoms with Gasteiger partial charge >= 0.3 is 0 Å². The standard InChI is InChI=1S/C20H23ClN2O3/c1-20(2,3)15-8-6-13(7-9-15)19(24)23-22-12-14-10-16(21)18(26-5)11-17(14)25-4/h6-12H,1-5H3,(H,23,24)/b22-12-. The molecule has 0 saturated carbocycles. The van der Waals surface area contributed by atoms with Crippen LogP contribution in [0.3, 0.4) is 0 Å². The van der Waals surface area contributed by atoms with Gasteiger partial charge in [-0.3, -0.25) is 4.79 Å². The van der Waals surface area contributed by atoms with Gasteiger partial charge in [-0.1, -0.05) is 44.5 Å². The van der Waals surface area contributed by atoms with Gasteiger partial charge in [-0.15, -0.1) is 0 Å².